The van der Waals surface area contributed by atoms with Gasteiger partial charge in [-0.25, -0.2) is 0 Å². The maximum atomic E-state index is 11.0. The summed E-state index contributed by atoms with van der Waals surface area (Å²) in [4.78, 5) is 11.0. The Kier molecular flexibility index (Phi) is 1.71. The Bertz CT molecular complexity index is 271. The fourth-order valence-electron chi connectivity index (χ4n) is 4.46. The molecule has 14 heavy (non-hydrogen) atoms. The second-order valence-corrected chi connectivity index (χ2v) is 5.71. The fraction of sp³-hybridized carbons (Fsp3) is 0.833. The molecule has 3 aliphatic carbocycles. The molecule has 3 rings (SSSR count). The average Bonchev–Trinajstić information content (AvgIpc) is 2.29. The zero-order chi connectivity index (χ0) is 9.76. The summed E-state index contributed by atoms with van der Waals surface area (Å²) in [5.74, 6) is 2.59. The molecule has 0 aromatic rings. The number of hydrogen-bond donors (Lipinski definition) is 1. The predicted molar refractivity (Wildman–Crippen MR) is 54.1 cm³/mol. The summed E-state index contributed by atoms with van der Waals surface area (Å²) in [6.45, 7) is 0. The summed E-state index contributed by atoms with van der Waals surface area (Å²) in [5.41, 5.74) is 5.53. The highest BCUT2D eigenvalue weighted by atomic mass is 16.1. The van der Waals surface area contributed by atoms with Crippen LogP contribution in [0, 0.1) is 29.6 Å². The van der Waals surface area contributed by atoms with Gasteiger partial charge in [0.1, 0.15) is 0 Å². The Labute approximate surface area is 85.2 Å². The molecule has 1 amide bonds. The minimum atomic E-state index is -0.204. The van der Waals surface area contributed by atoms with Crippen LogP contribution in [0.25, 0.3) is 0 Å². The summed E-state index contributed by atoms with van der Waals surface area (Å²) < 4.78 is 0. The van der Waals surface area contributed by atoms with Gasteiger partial charge in [0.05, 0.1) is 6.42 Å². The number of nitrogens with two attached hydrogens (primary N) is 1. The molecule has 1 radical (unpaired) electrons. The van der Waals surface area contributed by atoms with Crippen molar-refractivity contribution >= 4 is 5.91 Å². The Hall–Kier alpha value is -0.530. The molecule has 77 valence electrons. The molecule has 3 fully saturated rings. The summed E-state index contributed by atoms with van der Waals surface area (Å²) in [6.07, 6.45) is 9.74. The van der Waals surface area contributed by atoms with Crippen molar-refractivity contribution in [2.45, 2.75) is 38.5 Å². The molecule has 2 N–H and O–H groups in total. The van der Waals surface area contributed by atoms with Crippen LogP contribution in [0.5, 0.6) is 0 Å². The van der Waals surface area contributed by atoms with Crippen molar-refractivity contribution in [3.8, 4) is 0 Å². The van der Waals surface area contributed by atoms with Crippen molar-refractivity contribution in [1.82, 2.24) is 0 Å². The van der Waals surface area contributed by atoms with Crippen LogP contribution in [-0.2, 0) is 4.79 Å². The van der Waals surface area contributed by atoms with Gasteiger partial charge in [-0.05, 0) is 61.7 Å². The molecule has 0 aromatic carbocycles. The Morgan fingerprint density at radius 1 is 1.29 bits per heavy atom. The molecule has 2 nitrogen and oxygen atoms in total. The molecule has 3 bridgehead atoms. The summed E-state index contributed by atoms with van der Waals surface area (Å²) >= 11 is 0. The van der Waals surface area contributed by atoms with Crippen LogP contribution in [0.2, 0.25) is 0 Å². The van der Waals surface area contributed by atoms with E-state index < -0.39 is 0 Å². The first kappa shape index (κ1) is 8.75. The second kappa shape index (κ2) is 2.74. The number of carbonyl (C=O) groups excluding carboxylic acids is 1. The maximum absolute atomic E-state index is 11.0. The summed E-state index contributed by atoms with van der Waals surface area (Å²) in [5, 5.41) is 0. The molecule has 3 aliphatic rings. The van der Waals surface area contributed by atoms with Crippen LogP contribution >= 0.6 is 0 Å². The lowest BCUT2D eigenvalue weighted by Crippen LogP contribution is -2.38. The third kappa shape index (κ3) is 1.19. The lowest BCUT2D eigenvalue weighted by molar-refractivity contribution is -0.117. The molecule has 0 aromatic heterocycles. The van der Waals surface area contributed by atoms with Crippen molar-refractivity contribution in [3.63, 3.8) is 0 Å². The van der Waals surface area contributed by atoms with Crippen molar-refractivity contribution < 1.29 is 4.79 Å². The number of primary amides is 1. The normalized spacial score (nSPS) is 49.6. The quantitative estimate of drug-likeness (QED) is 0.713. The average molecular weight is 192 g/mol. The number of fused-ring (bicyclic) bond motifs is 2. The molecule has 0 saturated heterocycles. The smallest absolute Gasteiger partial charge is 0.221 e. The third-order valence-corrected chi connectivity index (χ3v) is 4.76. The van der Waals surface area contributed by atoms with Crippen molar-refractivity contribution in [2.75, 3.05) is 0 Å². The third-order valence-electron chi connectivity index (χ3n) is 4.76. The van der Waals surface area contributed by atoms with E-state index in [1.165, 1.54) is 38.5 Å². The standard InChI is InChI=1S/C12H18NO/c13-11(14)7-12-2-1-9-3-8(5-12)4-10(9)6-12/h7-10H,1-6H2,(H2,13,14). The SMILES string of the molecule is NC(=O)[CH]C12CCC3CC(CC3C1)C2. The molecule has 0 aliphatic heterocycles. The maximum Gasteiger partial charge on any atom is 0.221 e. The van der Waals surface area contributed by atoms with Gasteiger partial charge in [0.15, 0.2) is 0 Å². The first-order valence-electron chi connectivity index (χ1n) is 5.82. The number of amides is 1. The van der Waals surface area contributed by atoms with Gasteiger partial charge in [0.25, 0.3) is 0 Å². The van der Waals surface area contributed by atoms with E-state index in [9.17, 15) is 4.79 Å². The molecule has 4 atom stereocenters. The first-order chi connectivity index (χ1) is 6.67. The second-order valence-electron chi connectivity index (χ2n) is 5.71. The van der Waals surface area contributed by atoms with Gasteiger partial charge in [-0.1, -0.05) is 0 Å². The van der Waals surface area contributed by atoms with Gasteiger partial charge in [0.2, 0.25) is 5.91 Å². The van der Waals surface area contributed by atoms with Gasteiger partial charge in [-0.15, -0.1) is 0 Å². The summed E-state index contributed by atoms with van der Waals surface area (Å²) in [6, 6.07) is 0. The van der Waals surface area contributed by atoms with Crippen molar-refractivity contribution in [3.05, 3.63) is 6.42 Å². The largest absolute Gasteiger partial charge is 0.369 e. The van der Waals surface area contributed by atoms with E-state index in [1.54, 1.807) is 0 Å². The van der Waals surface area contributed by atoms with Crippen molar-refractivity contribution in [1.29, 1.82) is 0 Å². The molecule has 2 heteroatoms. The van der Waals surface area contributed by atoms with Crippen LogP contribution in [0.3, 0.4) is 0 Å². The van der Waals surface area contributed by atoms with Gasteiger partial charge >= 0.3 is 0 Å². The van der Waals surface area contributed by atoms with E-state index >= 15 is 0 Å². The molecule has 0 spiro atoms. The van der Waals surface area contributed by atoms with Crippen LogP contribution in [0.4, 0.5) is 0 Å². The first-order valence-corrected chi connectivity index (χ1v) is 5.82. The number of carbonyl (C=O) groups is 1. The van der Waals surface area contributed by atoms with Crippen LogP contribution in [0.1, 0.15) is 38.5 Å². The Balaban J connectivity index is 1.84. The van der Waals surface area contributed by atoms with E-state index in [0.717, 1.165) is 17.8 Å². The zero-order valence-electron chi connectivity index (χ0n) is 8.54. The molecular formula is C12H18NO. The van der Waals surface area contributed by atoms with E-state index in [0.29, 0.717) is 0 Å². The van der Waals surface area contributed by atoms with E-state index in [2.05, 4.69) is 0 Å². The fourth-order valence-corrected chi connectivity index (χ4v) is 4.46. The highest BCUT2D eigenvalue weighted by molar-refractivity contribution is 5.84. The van der Waals surface area contributed by atoms with Gasteiger partial charge < -0.3 is 5.73 Å². The van der Waals surface area contributed by atoms with Crippen LogP contribution in [-0.4, -0.2) is 5.91 Å². The zero-order valence-corrected chi connectivity index (χ0v) is 8.54. The van der Waals surface area contributed by atoms with E-state index in [4.69, 9.17) is 5.73 Å². The Morgan fingerprint density at radius 2 is 2.07 bits per heavy atom. The van der Waals surface area contributed by atoms with Crippen LogP contribution in [0.15, 0.2) is 0 Å². The number of hydrogen-bond acceptors (Lipinski definition) is 1. The molecule has 3 saturated carbocycles. The molecule has 0 heterocycles. The van der Waals surface area contributed by atoms with Gasteiger partial charge in [-0.2, -0.15) is 0 Å². The molecule has 4 unspecified atom stereocenters. The topological polar surface area (TPSA) is 43.1 Å². The van der Waals surface area contributed by atoms with E-state index in [-0.39, 0.29) is 11.3 Å². The summed E-state index contributed by atoms with van der Waals surface area (Å²) in [7, 11) is 0. The van der Waals surface area contributed by atoms with Crippen LogP contribution < -0.4 is 5.73 Å². The highest BCUT2D eigenvalue weighted by Gasteiger charge is 2.52. The lowest BCUT2D eigenvalue weighted by Gasteiger charge is -2.44. The highest BCUT2D eigenvalue weighted by Crippen LogP contribution is 2.61. The minimum absolute atomic E-state index is 0.204. The predicted octanol–water partition coefficient (Wildman–Crippen LogP) is 1.89. The minimum Gasteiger partial charge on any atom is -0.369 e. The molecular weight excluding hydrogens is 174 g/mol. The lowest BCUT2D eigenvalue weighted by atomic mass is 9.60. The van der Waals surface area contributed by atoms with Gasteiger partial charge in [-0.3, -0.25) is 4.79 Å². The number of rotatable bonds is 2. The van der Waals surface area contributed by atoms with E-state index in [1.807, 2.05) is 6.42 Å². The Morgan fingerprint density at radius 3 is 2.86 bits per heavy atom. The monoisotopic (exact) mass is 192 g/mol. The van der Waals surface area contributed by atoms with Gasteiger partial charge in [0, 0.05) is 0 Å². The van der Waals surface area contributed by atoms with Crippen molar-refractivity contribution in [2.24, 2.45) is 28.9 Å².